The van der Waals surface area contributed by atoms with Crippen molar-refractivity contribution in [3.8, 4) is 5.75 Å². The number of carbonyl (C=O) groups excluding carboxylic acids is 2. The second kappa shape index (κ2) is 8.29. The summed E-state index contributed by atoms with van der Waals surface area (Å²) in [5.74, 6) is 0.474. The van der Waals surface area contributed by atoms with Crippen LogP contribution in [0.25, 0.3) is 16.6 Å². The Bertz CT molecular complexity index is 1520. The monoisotopic (exact) mass is 499 g/mol. The first-order valence-corrected chi connectivity index (χ1v) is 13.0. The molecule has 7 rings (SSSR count). The average molecular weight is 500 g/mol. The summed E-state index contributed by atoms with van der Waals surface area (Å²) in [5.41, 5.74) is 2.74. The van der Waals surface area contributed by atoms with Crippen LogP contribution in [0.3, 0.4) is 0 Å². The van der Waals surface area contributed by atoms with Crippen LogP contribution in [-0.4, -0.2) is 60.3 Å². The van der Waals surface area contributed by atoms with Gasteiger partial charge in [-0.25, -0.2) is 9.50 Å². The number of nitrogens with zero attached hydrogens (tertiary/aromatic N) is 6. The first-order valence-electron chi connectivity index (χ1n) is 13.0. The maximum atomic E-state index is 13.4. The van der Waals surface area contributed by atoms with Gasteiger partial charge in [0.15, 0.2) is 5.65 Å². The number of rotatable bonds is 5. The number of ether oxygens (including phenoxy) is 1. The molecule has 0 radical (unpaired) electrons. The van der Waals surface area contributed by atoms with Crippen LogP contribution in [0.4, 0.5) is 5.69 Å². The van der Waals surface area contributed by atoms with Gasteiger partial charge in [0.2, 0.25) is 5.91 Å². The second-order valence-corrected chi connectivity index (χ2v) is 10.8. The van der Waals surface area contributed by atoms with Crippen molar-refractivity contribution >= 4 is 34.1 Å². The van der Waals surface area contributed by atoms with Gasteiger partial charge in [0.05, 0.1) is 29.4 Å². The van der Waals surface area contributed by atoms with Crippen molar-refractivity contribution in [2.75, 3.05) is 18.4 Å². The summed E-state index contributed by atoms with van der Waals surface area (Å²) in [5, 5.41) is 13.0. The molecule has 10 nitrogen and oxygen atoms in total. The molecule has 190 valence electrons. The van der Waals surface area contributed by atoms with E-state index in [0.29, 0.717) is 28.7 Å². The molecule has 3 aromatic heterocycles. The normalized spacial score (nSPS) is 19.3. The number of aromatic nitrogens is 5. The smallest absolute Gasteiger partial charge is 0.259 e. The van der Waals surface area contributed by atoms with E-state index in [-0.39, 0.29) is 23.3 Å². The Morgan fingerprint density at radius 1 is 1.14 bits per heavy atom. The lowest BCUT2D eigenvalue weighted by Gasteiger charge is -2.53. The summed E-state index contributed by atoms with van der Waals surface area (Å²) in [7, 11) is 0. The van der Waals surface area contributed by atoms with Gasteiger partial charge in [-0.15, -0.1) is 0 Å². The second-order valence-electron chi connectivity index (χ2n) is 10.8. The number of hydrogen-bond donors (Lipinski definition) is 1. The van der Waals surface area contributed by atoms with E-state index in [1.807, 2.05) is 17.0 Å². The minimum Gasteiger partial charge on any atom is -0.490 e. The number of amides is 2. The first kappa shape index (κ1) is 22.3. The van der Waals surface area contributed by atoms with E-state index in [0.717, 1.165) is 62.5 Å². The van der Waals surface area contributed by atoms with Gasteiger partial charge in [0.1, 0.15) is 11.4 Å². The van der Waals surface area contributed by atoms with Gasteiger partial charge in [-0.2, -0.15) is 10.2 Å². The van der Waals surface area contributed by atoms with Crippen LogP contribution in [0.5, 0.6) is 5.75 Å². The van der Waals surface area contributed by atoms with E-state index < -0.39 is 0 Å². The van der Waals surface area contributed by atoms with Gasteiger partial charge >= 0.3 is 0 Å². The summed E-state index contributed by atoms with van der Waals surface area (Å²) in [6.07, 6.45) is 13.6. The SMILES string of the molecule is CC(=O)N1CC2(CCC(n3cc4cc(C(=O)Nc5cnn6cccnc56)c(OC5CC5)cc4n3)CC2)C1. The molecular weight excluding hydrogens is 470 g/mol. The Hall–Kier alpha value is -3.95. The minimum absolute atomic E-state index is 0.149. The van der Waals surface area contributed by atoms with Crippen LogP contribution in [0.15, 0.2) is 43.0 Å². The van der Waals surface area contributed by atoms with Gasteiger partial charge in [-0.1, -0.05) is 0 Å². The van der Waals surface area contributed by atoms with Crippen molar-refractivity contribution in [2.45, 2.75) is 57.6 Å². The lowest BCUT2D eigenvalue weighted by atomic mass is 9.67. The van der Waals surface area contributed by atoms with Crippen molar-refractivity contribution in [1.29, 1.82) is 0 Å². The van der Waals surface area contributed by atoms with E-state index in [9.17, 15) is 9.59 Å². The highest BCUT2D eigenvalue weighted by atomic mass is 16.5. The Balaban J connectivity index is 1.14. The zero-order valence-electron chi connectivity index (χ0n) is 20.8. The van der Waals surface area contributed by atoms with Crippen LogP contribution in [-0.2, 0) is 4.79 Å². The summed E-state index contributed by atoms with van der Waals surface area (Å²) in [4.78, 5) is 31.3. The quantitative estimate of drug-likeness (QED) is 0.447. The summed E-state index contributed by atoms with van der Waals surface area (Å²) >= 11 is 0. The molecule has 2 aliphatic carbocycles. The summed E-state index contributed by atoms with van der Waals surface area (Å²) in [6, 6.07) is 5.89. The molecule has 1 N–H and O–H groups in total. The number of carbonyl (C=O) groups is 2. The molecule has 1 saturated heterocycles. The van der Waals surface area contributed by atoms with Crippen LogP contribution in [0, 0.1) is 5.41 Å². The summed E-state index contributed by atoms with van der Waals surface area (Å²) in [6.45, 7) is 3.43. The van der Waals surface area contributed by atoms with Crippen LogP contribution >= 0.6 is 0 Å². The fourth-order valence-electron chi connectivity index (χ4n) is 5.79. The van der Waals surface area contributed by atoms with Crippen LogP contribution < -0.4 is 10.1 Å². The van der Waals surface area contributed by atoms with Crippen molar-refractivity contribution in [3.63, 3.8) is 0 Å². The van der Waals surface area contributed by atoms with Gasteiger partial charge in [0, 0.05) is 55.5 Å². The highest BCUT2D eigenvalue weighted by Gasteiger charge is 2.46. The number of likely N-dealkylation sites (tertiary alicyclic amines) is 1. The fraction of sp³-hybridized carbons (Fsp3) is 0.444. The molecule has 1 spiro atoms. The summed E-state index contributed by atoms with van der Waals surface area (Å²) < 4.78 is 9.84. The number of fused-ring (bicyclic) bond motifs is 2. The van der Waals surface area contributed by atoms with Gasteiger partial charge in [0.25, 0.3) is 5.91 Å². The Morgan fingerprint density at radius 2 is 1.95 bits per heavy atom. The molecule has 0 bridgehead atoms. The zero-order chi connectivity index (χ0) is 25.1. The molecule has 2 saturated carbocycles. The highest BCUT2D eigenvalue weighted by Crippen LogP contribution is 2.47. The predicted molar refractivity (Wildman–Crippen MR) is 137 cm³/mol. The van der Waals surface area contributed by atoms with E-state index in [2.05, 4.69) is 26.3 Å². The van der Waals surface area contributed by atoms with Crippen molar-refractivity contribution in [2.24, 2.45) is 5.41 Å². The largest absolute Gasteiger partial charge is 0.490 e. The molecule has 3 aliphatic rings. The van der Waals surface area contributed by atoms with Crippen molar-refractivity contribution in [1.82, 2.24) is 29.3 Å². The molecule has 0 unspecified atom stereocenters. The number of hydrogen-bond acceptors (Lipinski definition) is 6. The molecule has 37 heavy (non-hydrogen) atoms. The molecule has 3 fully saturated rings. The highest BCUT2D eigenvalue weighted by molar-refractivity contribution is 6.09. The van der Waals surface area contributed by atoms with Crippen molar-refractivity contribution < 1.29 is 14.3 Å². The molecular formula is C27H29N7O3. The third kappa shape index (κ3) is 4.00. The number of benzene rings is 1. The van der Waals surface area contributed by atoms with E-state index >= 15 is 0 Å². The van der Waals surface area contributed by atoms with Gasteiger partial charge in [-0.3, -0.25) is 14.3 Å². The zero-order valence-corrected chi connectivity index (χ0v) is 20.8. The molecule has 2 amide bonds. The standard InChI is InChI=1S/C27H29N7O3/c1-17(35)32-15-27(16-32)7-5-19(6-8-27)34-14-18-11-21(24(12-22(18)31-34)37-20-3-4-20)26(36)30-23-13-29-33-10-2-9-28-25(23)33/h2,9-14,19-20H,3-8,15-16H2,1H3,(H,30,36). The predicted octanol–water partition coefficient (Wildman–Crippen LogP) is 3.84. The van der Waals surface area contributed by atoms with E-state index in [1.165, 1.54) is 0 Å². The maximum Gasteiger partial charge on any atom is 0.259 e. The minimum atomic E-state index is -0.259. The molecule has 1 aromatic carbocycles. The third-order valence-corrected chi connectivity index (χ3v) is 8.10. The molecule has 10 heteroatoms. The average Bonchev–Trinajstić information content (AvgIpc) is 3.45. The van der Waals surface area contributed by atoms with Crippen LogP contribution in [0.1, 0.15) is 61.8 Å². The van der Waals surface area contributed by atoms with Crippen molar-refractivity contribution in [3.05, 3.63) is 48.5 Å². The first-order chi connectivity index (χ1) is 18.0. The third-order valence-electron chi connectivity index (χ3n) is 8.10. The molecule has 1 aliphatic heterocycles. The van der Waals surface area contributed by atoms with E-state index in [4.69, 9.17) is 9.84 Å². The Morgan fingerprint density at radius 3 is 2.70 bits per heavy atom. The maximum absolute atomic E-state index is 13.4. The molecule has 0 atom stereocenters. The van der Waals surface area contributed by atoms with Crippen LogP contribution in [0.2, 0.25) is 0 Å². The Kier molecular flexibility index (Phi) is 4.99. The van der Waals surface area contributed by atoms with Gasteiger partial charge < -0.3 is 15.0 Å². The Labute approximate surface area is 213 Å². The lowest BCUT2D eigenvalue weighted by molar-refractivity contribution is -0.143. The molecule has 4 heterocycles. The van der Waals surface area contributed by atoms with Gasteiger partial charge in [-0.05, 0) is 50.7 Å². The topological polar surface area (TPSA) is 107 Å². The molecule has 4 aromatic rings. The number of nitrogens with one attached hydrogen (secondary N) is 1. The fourth-order valence-corrected chi connectivity index (χ4v) is 5.79. The lowest BCUT2D eigenvalue weighted by Crippen LogP contribution is -2.59. The van der Waals surface area contributed by atoms with E-state index in [1.54, 1.807) is 36.1 Å². The number of anilines is 1.